The number of hydrogen-bond acceptors (Lipinski definition) is 21. The lowest BCUT2D eigenvalue weighted by molar-refractivity contribution is -0.152. The van der Waals surface area contributed by atoms with E-state index in [0.717, 1.165) is 45.8 Å². The van der Waals surface area contributed by atoms with E-state index in [4.69, 9.17) is 79.5 Å². The third-order valence-corrected chi connectivity index (χ3v) is 22.0. The summed E-state index contributed by atoms with van der Waals surface area (Å²) in [5, 5.41) is 27.7. The van der Waals surface area contributed by atoms with Gasteiger partial charge in [-0.15, -0.1) is 0 Å². The quantitative estimate of drug-likeness (QED) is 0.0362. The number of amides is 2. The molecule has 10 unspecified atom stereocenters. The Labute approximate surface area is 569 Å². The molecule has 0 aliphatic carbocycles. The highest BCUT2D eigenvalue weighted by Crippen LogP contribution is 2.58. The number of hydrogen-bond donors (Lipinski definition) is 5. The van der Waals surface area contributed by atoms with Gasteiger partial charge < -0.3 is 68.0 Å². The van der Waals surface area contributed by atoms with Crippen LogP contribution in [0.25, 0.3) is 0 Å². The van der Waals surface area contributed by atoms with E-state index in [9.17, 15) is 37.9 Å². The van der Waals surface area contributed by atoms with Gasteiger partial charge in [0.05, 0.1) is 104 Å². The molecular weight excluding hydrogens is 1270 g/mol. The predicted octanol–water partition coefficient (Wildman–Crippen LogP) is 2.43. The lowest BCUT2D eigenvalue weighted by Crippen LogP contribution is -2.56. The first-order valence-electron chi connectivity index (χ1n) is 33.4. The number of carbonyl (C=O) groups is 6. The number of piperazine rings is 2. The summed E-state index contributed by atoms with van der Waals surface area (Å²) in [6.45, 7) is 34.4. The summed E-state index contributed by atoms with van der Waals surface area (Å²) in [6, 6.07) is -1.21. The van der Waals surface area contributed by atoms with Gasteiger partial charge in [-0.05, 0) is 80.7 Å². The fraction of sp³-hybridized carbons (Fsp3) is 0.900. The first kappa shape index (κ1) is 84.5. The molecule has 0 aromatic carbocycles. The Balaban J connectivity index is 0.000000328. The number of carboxylic acid groups (broad SMARTS) is 2. The Kier molecular flexibility index (Phi) is 36.0. The van der Waals surface area contributed by atoms with E-state index in [1.165, 1.54) is 11.4 Å². The number of aliphatic carboxylic acids is 2. The second-order valence-electron chi connectivity index (χ2n) is 28.1. The summed E-state index contributed by atoms with van der Waals surface area (Å²) in [7, 11) is 18.1. The topological polar surface area (TPSA) is 335 Å². The van der Waals surface area contributed by atoms with Gasteiger partial charge in [0.2, 0.25) is 11.8 Å². The van der Waals surface area contributed by atoms with Crippen molar-refractivity contribution in [3.8, 4) is 0 Å². The number of likely N-dealkylation sites (N-methyl/N-ethyl adjacent to an activating group) is 1. The SMILES string of the molecule is CCN1CCOCC1.NO.O=C1CCC(=O)O1.[B]C1CC(COC(C)(C)C)CN(P(=O)(OCC2CN(C(=O)CCC(=O)O)CC([B])O2)N2CCN(C(=O)CCC(=O)O)CC2)C1.[B]C1CC(COC(C)(C)C)CN(P(=O)(OCC2CN(C(C)(C)C)CC([B])O2)N2CCNCC2)C1. The lowest BCUT2D eigenvalue weighted by atomic mass is 9.77. The minimum atomic E-state index is -3.76. The zero-order chi connectivity index (χ0) is 70.9. The van der Waals surface area contributed by atoms with Crippen LogP contribution >= 0.6 is 15.3 Å². The average Bonchev–Trinajstić information content (AvgIpc) is 0.992. The van der Waals surface area contributed by atoms with Gasteiger partial charge in [0.25, 0.3) is 0 Å². The van der Waals surface area contributed by atoms with E-state index in [0.29, 0.717) is 72.0 Å². The number of nitrogens with two attached hydrogens (primary N) is 1. The summed E-state index contributed by atoms with van der Waals surface area (Å²) >= 11 is 0. The third kappa shape index (κ3) is 30.5. The number of piperidine rings is 2. The van der Waals surface area contributed by atoms with Crippen LogP contribution in [-0.4, -0.2) is 326 Å². The standard InChI is InChI=1S/C27H45B2N4O10P.C23H45B2N4O4P.C6H13NO.C4H4O3.H3NO/c1-27(2,3)41-17-19-12-20(28)14-33(13-19)44(40,32-10-8-30(9-11-32)23(34)4-6-25(36)37)42-18-21-15-31(16-22(29)43-21)24(35)5-7-26(38)39;1-22(2,3)27-14-20(33-21(25)15-27)17-32-34(30,28-9-7-26-8-10-28)29-12-18(11-19(24)13-29)16-31-23(4,5)6;1-2-7-3-5-8-6-4-7;5-3-1-2-4(6)7-3;1-2/h19-22H,4-18H2,1-3H3,(H,36,37)(H,38,39);18-21,26H,7-17H2,1-6H3;2-6H2,1H3;1-2H2;2H,1H2. The van der Waals surface area contributed by atoms with Crippen LogP contribution in [0.15, 0.2) is 0 Å². The van der Waals surface area contributed by atoms with Gasteiger partial charge in [-0.25, -0.2) is 24.6 Å². The molecule has 35 heteroatoms. The first-order valence-corrected chi connectivity index (χ1v) is 36.5. The Bertz CT molecular complexity index is 2460. The molecule has 8 rings (SSSR count). The molecule has 0 bridgehead atoms. The van der Waals surface area contributed by atoms with Crippen LogP contribution in [0.2, 0.25) is 11.6 Å². The molecule has 8 aliphatic rings. The average molecular weight is 1380 g/mol. The van der Waals surface area contributed by atoms with Crippen molar-refractivity contribution in [1.29, 1.82) is 0 Å². The summed E-state index contributed by atoms with van der Waals surface area (Å²) in [5.41, 5.74) is -0.607. The molecule has 0 spiro atoms. The van der Waals surface area contributed by atoms with Crippen LogP contribution < -0.4 is 11.2 Å². The molecule has 2 amide bonds. The zero-order valence-electron chi connectivity index (χ0n) is 58.2. The smallest absolute Gasteiger partial charge is 0.346 e. The van der Waals surface area contributed by atoms with Gasteiger partial charge in [0.1, 0.15) is 15.7 Å². The van der Waals surface area contributed by atoms with Crippen LogP contribution in [-0.2, 0) is 75.4 Å². The van der Waals surface area contributed by atoms with Crippen LogP contribution in [0.5, 0.6) is 0 Å². The molecule has 0 aromatic heterocycles. The molecule has 0 saturated carbocycles. The molecule has 6 N–H and O–H groups in total. The predicted molar refractivity (Wildman–Crippen MR) is 359 cm³/mol. The summed E-state index contributed by atoms with van der Waals surface area (Å²) in [4.78, 5) is 74.7. The molecule has 536 valence electrons. The van der Waals surface area contributed by atoms with Crippen molar-refractivity contribution in [2.75, 3.05) is 164 Å². The van der Waals surface area contributed by atoms with E-state index < -0.39 is 51.3 Å². The number of nitrogens with zero attached hydrogens (tertiary/aromatic N) is 8. The number of carbonyl (C=O) groups excluding carboxylic acids is 4. The molecule has 8 radical (unpaired) electrons. The van der Waals surface area contributed by atoms with E-state index in [1.54, 1.807) is 14.2 Å². The molecule has 0 aromatic rings. The van der Waals surface area contributed by atoms with Crippen molar-refractivity contribution in [2.45, 2.75) is 173 Å². The Morgan fingerprint density at radius 2 is 0.989 bits per heavy atom. The van der Waals surface area contributed by atoms with Crippen LogP contribution in [0.1, 0.15) is 121 Å². The van der Waals surface area contributed by atoms with E-state index in [2.05, 4.69) is 74.2 Å². The lowest BCUT2D eigenvalue weighted by Gasteiger charge is -2.47. The maximum absolute atomic E-state index is 14.9. The Morgan fingerprint density at radius 3 is 1.39 bits per heavy atom. The normalized spacial score (nSPS) is 27.9. The van der Waals surface area contributed by atoms with Gasteiger partial charge in [-0.3, -0.25) is 47.7 Å². The zero-order valence-corrected chi connectivity index (χ0v) is 60.0. The molecule has 8 saturated heterocycles. The fourth-order valence-electron chi connectivity index (χ4n) is 11.8. The Hall–Kier alpha value is -2.90. The number of carboxylic acids is 2. The fourth-order valence-corrected chi connectivity index (χ4v) is 16.9. The number of rotatable bonds is 21. The van der Waals surface area contributed by atoms with Gasteiger partial charge in [-0.2, -0.15) is 0 Å². The first-order chi connectivity index (χ1) is 44.5. The number of ether oxygens (including phenoxy) is 6. The second-order valence-corrected chi connectivity index (χ2v) is 32.8. The van der Waals surface area contributed by atoms with Gasteiger partial charge >= 0.3 is 39.2 Å². The molecule has 8 aliphatic heterocycles. The highest BCUT2D eigenvalue weighted by atomic mass is 31.2. The molecular formula is C60H110B4N10O19P2. The maximum Gasteiger partial charge on any atom is 0.346 e. The number of morpholine rings is 3. The number of esters is 2. The highest BCUT2D eigenvalue weighted by molar-refractivity contribution is 7.54. The van der Waals surface area contributed by atoms with Gasteiger partial charge in [0, 0.05) is 148 Å². The van der Waals surface area contributed by atoms with Crippen molar-refractivity contribution >= 4 is 82.4 Å². The summed E-state index contributed by atoms with van der Waals surface area (Å²) in [5.74, 6) is -0.220. The summed E-state index contributed by atoms with van der Waals surface area (Å²) in [6.07, 6.45) is 0.273. The van der Waals surface area contributed by atoms with Gasteiger partial charge in [0.15, 0.2) is 0 Å². The molecule has 95 heavy (non-hydrogen) atoms. The minimum absolute atomic E-state index is 0.00418. The highest BCUT2D eigenvalue weighted by Gasteiger charge is 2.47. The van der Waals surface area contributed by atoms with Crippen LogP contribution in [0.3, 0.4) is 0 Å². The van der Waals surface area contributed by atoms with E-state index >= 15 is 0 Å². The van der Waals surface area contributed by atoms with Crippen LogP contribution in [0.4, 0.5) is 0 Å². The largest absolute Gasteiger partial charge is 0.481 e. The molecule has 29 nitrogen and oxygen atoms in total. The monoisotopic (exact) mass is 1380 g/mol. The third-order valence-electron chi connectivity index (χ3n) is 16.7. The van der Waals surface area contributed by atoms with Crippen molar-refractivity contribution in [3.63, 3.8) is 0 Å². The van der Waals surface area contributed by atoms with Gasteiger partial charge in [-0.1, -0.05) is 31.4 Å². The number of nitrogens with one attached hydrogen (secondary N) is 1. The summed E-state index contributed by atoms with van der Waals surface area (Å²) < 4.78 is 82.8. The molecule has 8 fully saturated rings. The molecule has 8 heterocycles. The van der Waals surface area contributed by atoms with Crippen molar-refractivity contribution in [3.05, 3.63) is 0 Å². The maximum atomic E-state index is 14.9. The van der Waals surface area contributed by atoms with E-state index in [-0.39, 0.29) is 155 Å². The molecule has 10 atom stereocenters. The van der Waals surface area contributed by atoms with Crippen molar-refractivity contribution in [1.82, 2.24) is 43.6 Å². The van der Waals surface area contributed by atoms with Crippen LogP contribution in [0, 0.1) is 11.8 Å². The Morgan fingerprint density at radius 1 is 0.558 bits per heavy atom. The minimum Gasteiger partial charge on any atom is -0.481 e. The van der Waals surface area contributed by atoms with Crippen molar-refractivity contribution in [2.24, 2.45) is 17.7 Å². The second kappa shape index (κ2) is 40.5. The van der Waals surface area contributed by atoms with E-state index in [1.807, 2.05) is 30.1 Å². The van der Waals surface area contributed by atoms with Crippen molar-refractivity contribution < 1.29 is 90.8 Å². The number of cyclic esters (lactones) is 2.